The highest BCUT2D eigenvalue weighted by Crippen LogP contribution is 2.33. The Hall–Kier alpha value is -4.16. The number of amides is 1. The van der Waals surface area contributed by atoms with Crippen molar-refractivity contribution in [3.05, 3.63) is 59.2 Å². The van der Waals surface area contributed by atoms with Crippen LogP contribution in [0.1, 0.15) is 22.4 Å². The van der Waals surface area contributed by atoms with Crippen LogP contribution in [0.2, 0.25) is 0 Å². The Balaban J connectivity index is 2.16. The van der Waals surface area contributed by atoms with E-state index in [4.69, 9.17) is 9.47 Å². The van der Waals surface area contributed by atoms with Crippen molar-refractivity contribution in [3.63, 3.8) is 0 Å². The molecule has 1 amide bonds. The molecule has 1 heterocycles. The number of hydrazone groups is 1. The number of halogens is 1. The van der Waals surface area contributed by atoms with Crippen LogP contribution in [0, 0.1) is 38.5 Å². The molecule has 0 bridgehead atoms. The molecule has 172 valence electrons. The monoisotopic (exact) mass is 522 g/mol. The van der Waals surface area contributed by atoms with Gasteiger partial charge < -0.3 is 14.6 Å². The van der Waals surface area contributed by atoms with Crippen LogP contribution in [-0.2, 0) is 16.1 Å². The van der Waals surface area contributed by atoms with Gasteiger partial charge in [0, 0.05) is 23.2 Å². The summed E-state index contributed by atoms with van der Waals surface area (Å²) in [6, 6.07) is 3.38. The maximum absolute atomic E-state index is 12.0. The molecule has 0 aliphatic rings. The molecular weight excluding hydrogens is 508 g/mol. The molecule has 0 fully saturated rings. The standard InChI is InChI=1S/C18H15BrN6O8/c1-9-16(19)13(7-32-2)12(5-20)18(22-9)33-8-15(26)23-21-6-10-3-11(24(28)29)4-14(17(10)27)25(30)31/h3-4,6,27H,7-8H2,1-2H3,(H,23,26)/b21-6+. The Morgan fingerprint density at radius 1 is 1.39 bits per heavy atom. The largest absolute Gasteiger partial charge is 0.502 e. The van der Waals surface area contributed by atoms with E-state index in [-0.39, 0.29) is 23.6 Å². The number of hydrogen-bond donors (Lipinski definition) is 2. The number of methoxy groups -OCH3 is 1. The second-order valence-electron chi connectivity index (χ2n) is 6.21. The van der Waals surface area contributed by atoms with Crippen LogP contribution in [0.3, 0.4) is 0 Å². The van der Waals surface area contributed by atoms with E-state index in [9.17, 15) is 35.4 Å². The highest BCUT2D eigenvalue weighted by Gasteiger charge is 2.23. The van der Waals surface area contributed by atoms with Crippen LogP contribution in [0.25, 0.3) is 0 Å². The zero-order valence-corrected chi connectivity index (χ0v) is 18.7. The maximum Gasteiger partial charge on any atom is 0.318 e. The van der Waals surface area contributed by atoms with Gasteiger partial charge in [-0.2, -0.15) is 10.4 Å². The summed E-state index contributed by atoms with van der Waals surface area (Å²) in [4.78, 5) is 36.2. The van der Waals surface area contributed by atoms with E-state index in [2.05, 4.69) is 26.0 Å². The van der Waals surface area contributed by atoms with Crippen LogP contribution >= 0.6 is 15.9 Å². The highest BCUT2D eigenvalue weighted by molar-refractivity contribution is 9.10. The summed E-state index contributed by atoms with van der Waals surface area (Å²) in [5, 5.41) is 44.8. The number of non-ortho nitro benzene ring substituents is 1. The lowest BCUT2D eigenvalue weighted by Crippen LogP contribution is -2.25. The first-order chi connectivity index (χ1) is 15.6. The highest BCUT2D eigenvalue weighted by atomic mass is 79.9. The fourth-order valence-corrected chi connectivity index (χ4v) is 2.92. The summed E-state index contributed by atoms with van der Waals surface area (Å²) >= 11 is 3.32. The average Bonchev–Trinajstić information content (AvgIpc) is 2.76. The number of aromatic hydroxyl groups is 1. The molecule has 1 aromatic heterocycles. The number of rotatable bonds is 9. The van der Waals surface area contributed by atoms with Crippen molar-refractivity contribution in [3.8, 4) is 17.7 Å². The number of phenolic OH excluding ortho intramolecular Hbond substituents is 1. The minimum atomic E-state index is -0.996. The third-order valence-electron chi connectivity index (χ3n) is 4.01. The number of nitro groups is 2. The maximum atomic E-state index is 12.0. The molecular formula is C18H15BrN6O8. The van der Waals surface area contributed by atoms with E-state index >= 15 is 0 Å². The summed E-state index contributed by atoms with van der Waals surface area (Å²) in [5.74, 6) is -1.76. The van der Waals surface area contributed by atoms with Gasteiger partial charge in [-0.15, -0.1) is 0 Å². The molecule has 0 saturated heterocycles. The Morgan fingerprint density at radius 3 is 2.67 bits per heavy atom. The van der Waals surface area contributed by atoms with E-state index in [0.29, 0.717) is 21.8 Å². The predicted octanol–water partition coefficient (Wildman–Crippen LogP) is 2.22. The van der Waals surface area contributed by atoms with Crippen molar-refractivity contribution in [1.82, 2.24) is 10.4 Å². The second-order valence-corrected chi connectivity index (χ2v) is 7.01. The van der Waals surface area contributed by atoms with Gasteiger partial charge in [-0.05, 0) is 22.9 Å². The smallest absolute Gasteiger partial charge is 0.318 e. The number of nitro benzene ring substituents is 2. The Labute approximate surface area is 193 Å². The molecule has 0 radical (unpaired) electrons. The summed E-state index contributed by atoms with van der Waals surface area (Å²) in [6.07, 6.45) is 0.798. The molecule has 0 unspecified atom stereocenters. The quantitative estimate of drug-likeness (QED) is 0.279. The van der Waals surface area contributed by atoms with Crippen molar-refractivity contribution in [2.75, 3.05) is 13.7 Å². The van der Waals surface area contributed by atoms with Gasteiger partial charge in [0.1, 0.15) is 11.6 Å². The molecule has 0 saturated carbocycles. The molecule has 0 aliphatic heterocycles. The van der Waals surface area contributed by atoms with E-state index in [1.54, 1.807) is 6.92 Å². The number of ether oxygens (including phenoxy) is 2. The summed E-state index contributed by atoms with van der Waals surface area (Å²) in [6.45, 7) is 1.15. The number of carbonyl (C=O) groups excluding carboxylic acids is 1. The fourth-order valence-electron chi connectivity index (χ4n) is 2.52. The Bertz CT molecular complexity index is 1190. The summed E-state index contributed by atoms with van der Waals surface area (Å²) < 4.78 is 10.9. The average molecular weight is 523 g/mol. The van der Waals surface area contributed by atoms with Gasteiger partial charge in [-0.1, -0.05) is 0 Å². The molecule has 14 nitrogen and oxygen atoms in total. The number of benzene rings is 1. The van der Waals surface area contributed by atoms with E-state index in [1.165, 1.54) is 7.11 Å². The summed E-state index contributed by atoms with van der Waals surface area (Å²) in [5.41, 5.74) is 1.19. The lowest BCUT2D eigenvalue weighted by atomic mass is 10.1. The number of nitriles is 1. The van der Waals surface area contributed by atoms with Crippen molar-refractivity contribution in [1.29, 1.82) is 5.26 Å². The van der Waals surface area contributed by atoms with Crippen LogP contribution in [0.5, 0.6) is 11.6 Å². The van der Waals surface area contributed by atoms with Gasteiger partial charge in [-0.25, -0.2) is 10.4 Å². The van der Waals surface area contributed by atoms with Gasteiger partial charge in [0.25, 0.3) is 11.6 Å². The molecule has 2 aromatic rings. The molecule has 0 aliphatic carbocycles. The molecule has 0 atom stereocenters. The third-order valence-corrected chi connectivity index (χ3v) is 5.06. The molecule has 0 spiro atoms. The third kappa shape index (κ3) is 5.96. The lowest BCUT2D eigenvalue weighted by molar-refractivity contribution is -0.394. The Morgan fingerprint density at radius 2 is 2.09 bits per heavy atom. The number of phenols is 1. The van der Waals surface area contributed by atoms with Gasteiger partial charge in [0.2, 0.25) is 11.6 Å². The van der Waals surface area contributed by atoms with Crippen molar-refractivity contribution >= 4 is 39.4 Å². The Kier molecular flexibility index (Phi) is 8.31. The number of pyridine rings is 1. The van der Waals surface area contributed by atoms with Crippen molar-refractivity contribution < 1.29 is 29.2 Å². The molecule has 2 rings (SSSR count). The number of aromatic nitrogens is 1. The van der Waals surface area contributed by atoms with E-state index in [0.717, 1.165) is 12.3 Å². The summed E-state index contributed by atoms with van der Waals surface area (Å²) in [7, 11) is 1.45. The molecule has 2 N–H and O–H groups in total. The van der Waals surface area contributed by atoms with Gasteiger partial charge in [0.05, 0.1) is 40.0 Å². The first-order valence-corrected chi connectivity index (χ1v) is 9.58. The van der Waals surface area contributed by atoms with Crippen LogP contribution in [-0.4, -0.2) is 45.8 Å². The normalized spacial score (nSPS) is 10.6. The van der Waals surface area contributed by atoms with Crippen LogP contribution < -0.4 is 10.2 Å². The SMILES string of the molecule is COCc1c(Br)c(C)nc(OCC(=O)N/N=C/c2cc([N+](=O)[O-])cc([N+](=O)[O-])c2O)c1C#N. The van der Waals surface area contributed by atoms with Crippen LogP contribution in [0.4, 0.5) is 11.4 Å². The first kappa shape index (κ1) is 25.1. The minimum Gasteiger partial charge on any atom is -0.502 e. The number of carbonyl (C=O) groups is 1. The number of nitrogens with zero attached hydrogens (tertiary/aromatic N) is 5. The van der Waals surface area contributed by atoms with E-state index in [1.807, 2.05) is 11.5 Å². The molecule has 33 heavy (non-hydrogen) atoms. The fraction of sp³-hybridized carbons (Fsp3) is 0.222. The molecule has 1 aromatic carbocycles. The van der Waals surface area contributed by atoms with Gasteiger partial charge in [0.15, 0.2) is 6.61 Å². The zero-order chi connectivity index (χ0) is 24.7. The van der Waals surface area contributed by atoms with Crippen molar-refractivity contribution in [2.24, 2.45) is 5.10 Å². The van der Waals surface area contributed by atoms with Gasteiger partial charge >= 0.3 is 5.69 Å². The van der Waals surface area contributed by atoms with Gasteiger partial charge in [-0.3, -0.25) is 25.0 Å². The number of hydrogen-bond acceptors (Lipinski definition) is 11. The number of aryl methyl sites for hydroxylation is 1. The lowest BCUT2D eigenvalue weighted by Gasteiger charge is -2.13. The number of nitrogens with one attached hydrogen (secondary N) is 1. The predicted molar refractivity (Wildman–Crippen MR) is 115 cm³/mol. The topological polar surface area (TPSA) is 203 Å². The zero-order valence-electron chi connectivity index (χ0n) is 17.1. The van der Waals surface area contributed by atoms with Crippen LogP contribution in [0.15, 0.2) is 21.7 Å². The second kappa shape index (κ2) is 10.9. The molecule has 15 heteroatoms. The first-order valence-electron chi connectivity index (χ1n) is 8.79. The van der Waals surface area contributed by atoms with E-state index < -0.39 is 39.5 Å². The van der Waals surface area contributed by atoms with Crippen molar-refractivity contribution in [2.45, 2.75) is 13.5 Å². The minimum absolute atomic E-state index is 0.0689.